The van der Waals surface area contributed by atoms with E-state index in [1.54, 1.807) is 25.3 Å². The number of nitrogens with one attached hydrogen (secondary N) is 1. The topological polar surface area (TPSA) is 38.3 Å². The zero-order valence-electron chi connectivity index (χ0n) is 12.6. The second-order valence-electron chi connectivity index (χ2n) is 5.04. The van der Waals surface area contributed by atoms with Crippen molar-refractivity contribution in [3.05, 3.63) is 64.7 Å². The number of carbonyl (C=O) groups excluding carboxylic acids is 1. The third-order valence-electron chi connectivity index (χ3n) is 3.43. The average Bonchev–Trinajstić information content (AvgIpc) is 2.55. The Hall–Kier alpha value is -2.00. The molecule has 0 aliphatic rings. The number of hydrogen-bond donors (Lipinski definition) is 1. The van der Waals surface area contributed by atoms with Crippen molar-refractivity contribution in [2.75, 3.05) is 13.7 Å². The summed E-state index contributed by atoms with van der Waals surface area (Å²) in [6.07, 6.45) is 3.00. The second kappa shape index (κ2) is 8.44. The highest BCUT2D eigenvalue weighted by atomic mass is 35.5. The summed E-state index contributed by atoms with van der Waals surface area (Å²) in [5.41, 5.74) is 1.79. The van der Waals surface area contributed by atoms with Crippen LogP contribution in [0.4, 0.5) is 0 Å². The fraction of sp³-hybridized carbons (Fsp3) is 0.278. The van der Waals surface area contributed by atoms with Gasteiger partial charge in [0.05, 0.1) is 12.7 Å². The van der Waals surface area contributed by atoms with Gasteiger partial charge in [-0.25, -0.2) is 0 Å². The number of ether oxygens (including phenoxy) is 1. The molecule has 22 heavy (non-hydrogen) atoms. The fourth-order valence-corrected chi connectivity index (χ4v) is 2.43. The van der Waals surface area contributed by atoms with Crippen molar-refractivity contribution in [3.8, 4) is 5.75 Å². The number of hydrogen-bond acceptors (Lipinski definition) is 2. The molecule has 4 heteroatoms. The Morgan fingerprint density at radius 3 is 2.64 bits per heavy atom. The molecule has 0 saturated heterocycles. The van der Waals surface area contributed by atoms with Gasteiger partial charge in [0.25, 0.3) is 5.91 Å². The number of methoxy groups -OCH3 is 1. The van der Waals surface area contributed by atoms with Crippen LogP contribution in [0.5, 0.6) is 5.75 Å². The number of unbranched alkanes of at least 4 members (excludes halogenated alkanes) is 1. The molecule has 0 bridgehead atoms. The molecular weight excluding hydrogens is 298 g/mol. The molecule has 0 saturated carbocycles. The lowest BCUT2D eigenvalue weighted by molar-refractivity contribution is 0.0950. The molecule has 3 nitrogen and oxygen atoms in total. The molecule has 1 amide bonds. The number of aryl methyl sites for hydroxylation is 1. The standard InChI is InChI=1S/C18H20ClNO2/c1-22-17-11-10-15(19)13-16(17)18(21)20-12-6-5-9-14-7-3-2-4-8-14/h2-4,7-8,10-11,13H,5-6,9,12H2,1H3,(H,20,21). The zero-order chi connectivity index (χ0) is 15.8. The SMILES string of the molecule is COc1ccc(Cl)cc1C(=O)NCCCCc1ccccc1. The summed E-state index contributed by atoms with van der Waals surface area (Å²) in [5, 5.41) is 3.43. The van der Waals surface area contributed by atoms with Gasteiger partial charge < -0.3 is 10.1 Å². The minimum Gasteiger partial charge on any atom is -0.496 e. The quantitative estimate of drug-likeness (QED) is 0.781. The van der Waals surface area contributed by atoms with Crippen LogP contribution < -0.4 is 10.1 Å². The van der Waals surface area contributed by atoms with Crippen LogP contribution >= 0.6 is 11.6 Å². The molecule has 2 aromatic rings. The number of amides is 1. The van der Waals surface area contributed by atoms with Crippen molar-refractivity contribution in [2.24, 2.45) is 0 Å². The van der Waals surface area contributed by atoms with Crippen LogP contribution in [0, 0.1) is 0 Å². The predicted molar refractivity (Wildman–Crippen MR) is 89.7 cm³/mol. The third-order valence-corrected chi connectivity index (χ3v) is 3.66. The first-order valence-corrected chi connectivity index (χ1v) is 7.74. The van der Waals surface area contributed by atoms with Crippen LogP contribution in [0.25, 0.3) is 0 Å². The van der Waals surface area contributed by atoms with Gasteiger partial charge in [0.15, 0.2) is 0 Å². The van der Waals surface area contributed by atoms with Crippen molar-refractivity contribution in [2.45, 2.75) is 19.3 Å². The molecule has 0 aliphatic heterocycles. The van der Waals surface area contributed by atoms with E-state index in [4.69, 9.17) is 16.3 Å². The van der Waals surface area contributed by atoms with Gasteiger partial charge in [-0.05, 0) is 43.0 Å². The highest BCUT2D eigenvalue weighted by Crippen LogP contribution is 2.22. The van der Waals surface area contributed by atoms with E-state index in [9.17, 15) is 4.79 Å². The molecule has 0 heterocycles. The Kier molecular flexibility index (Phi) is 6.28. The number of benzene rings is 2. The minimum atomic E-state index is -0.154. The smallest absolute Gasteiger partial charge is 0.255 e. The predicted octanol–water partition coefficient (Wildman–Crippen LogP) is 4.10. The first kappa shape index (κ1) is 16.4. The highest BCUT2D eigenvalue weighted by molar-refractivity contribution is 6.31. The second-order valence-corrected chi connectivity index (χ2v) is 5.48. The van der Waals surface area contributed by atoms with Crippen molar-refractivity contribution in [3.63, 3.8) is 0 Å². The Balaban J connectivity index is 1.77. The molecule has 0 fully saturated rings. The maximum atomic E-state index is 12.2. The lowest BCUT2D eigenvalue weighted by atomic mass is 10.1. The van der Waals surface area contributed by atoms with Crippen LogP contribution in [0.1, 0.15) is 28.8 Å². The zero-order valence-corrected chi connectivity index (χ0v) is 13.4. The lowest BCUT2D eigenvalue weighted by Gasteiger charge is -2.09. The van der Waals surface area contributed by atoms with E-state index in [2.05, 4.69) is 17.4 Å². The molecule has 0 radical (unpaired) electrons. The molecule has 0 unspecified atom stereocenters. The first-order chi connectivity index (χ1) is 10.7. The van der Waals surface area contributed by atoms with E-state index in [0.29, 0.717) is 22.9 Å². The summed E-state index contributed by atoms with van der Waals surface area (Å²) in [5.74, 6) is 0.380. The van der Waals surface area contributed by atoms with Gasteiger partial charge in [0.1, 0.15) is 5.75 Å². The highest BCUT2D eigenvalue weighted by Gasteiger charge is 2.12. The summed E-state index contributed by atoms with van der Waals surface area (Å²) >= 11 is 5.93. The van der Waals surface area contributed by atoms with E-state index >= 15 is 0 Å². The molecule has 0 aromatic heterocycles. The first-order valence-electron chi connectivity index (χ1n) is 7.36. The average molecular weight is 318 g/mol. The van der Waals surface area contributed by atoms with Crippen LogP contribution in [0.15, 0.2) is 48.5 Å². The Morgan fingerprint density at radius 2 is 1.91 bits per heavy atom. The minimum absolute atomic E-state index is 0.154. The summed E-state index contributed by atoms with van der Waals surface area (Å²) in [6.45, 7) is 0.640. The van der Waals surface area contributed by atoms with Crippen molar-refractivity contribution < 1.29 is 9.53 Å². The van der Waals surface area contributed by atoms with Gasteiger partial charge in [0.2, 0.25) is 0 Å². The molecule has 0 spiro atoms. The number of halogens is 1. The van der Waals surface area contributed by atoms with E-state index < -0.39 is 0 Å². The van der Waals surface area contributed by atoms with E-state index in [1.807, 2.05) is 18.2 Å². The molecular formula is C18H20ClNO2. The van der Waals surface area contributed by atoms with Gasteiger partial charge in [-0.3, -0.25) is 4.79 Å². The summed E-state index contributed by atoms with van der Waals surface area (Å²) in [4.78, 5) is 12.2. The van der Waals surface area contributed by atoms with Gasteiger partial charge in [-0.2, -0.15) is 0 Å². The summed E-state index contributed by atoms with van der Waals surface area (Å²) in [7, 11) is 1.54. The van der Waals surface area contributed by atoms with Crippen molar-refractivity contribution in [1.82, 2.24) is 5.32 Å². The monoisotopic (exact) mass is 317 g/mol. The van der Waals surface area contributed by atoms with Crippen molar-refractivity contribution in [1.29, 1.82) is 0 Å². The number of carbonyl (C=O) groups is 1. The van der Waals surface area contributed by atoms with Gasteiger partial charge in [-0.1, -0.05) is 41.9 Å². The van der Waals surface area contributed by atoms with Crippen LogP contribution in [0.2, 0.25) is 5.02 Å². The molecule has 0 atom stereocenters. The Labute approximate surface area is 136 Å². The van der Waals surface area contributed by atoms with Crippen LogP contribution in [-0.4, -0.2) is 19.6 Å². The fourth-order valence-electron chi connectivity index (χ4n) is 2.25. The van der Waals surface area contributed by atoms with E-state index in [1.165, 1.54) is 5.56 Å². The van der Waals surface area contributed by atoms with Crippen LogP contribution in [0.3, 0.4) is 0 Å². The molecule has 1 N–H and O–H groups in total. The Morgan fingerprint density at radius 1 is 1.14 bits per heavy atom. The molecule has 116 valence electrons. The Bertz CT molecular complexity index is 614. The van der Waals surface area contributed by atoms with Crippen molar-refractivity contribution >= 4 is 17.5 Å². The van der Waals surface area contributed by atoms with Gasteiger partial charge >= 0.3 is 0 Å². The molecule has 0 aliphatic carbocycles. The molecule has 2 rings (SSSR count). The van der Waals surface area contributed by atoms with Gasteiger partial charge in [-0.15, -0.1) is 0 Å². The van der Waals surface area contributed by atoms with Crippen LogP contribution in [-0.2, 0) is 6.42 Å². The van der Waals surface area contributed by atoms with E-state index in [-0.39, 0.29) is 5.91 Å². The maximum absolute atomic E-state index is 12.2. The molecule has 2 aromatic carbocycles. The summed E-state index contributed by atoms with van der Waals surface area (Å²) in [6, 6.07) is 15.4. The van der Waals surface area contributed by atoms with E-state index in [0.717, 1.165) is 19.3 Å². The summed E-state index contributed by atoms with van der Waals surface area (Å²) < 4.78 is 5.19. The largest absolute Gasteiger partial charge is 0.496 e. The van der Waals surface area contributed by atoms with Gasteiger partial charge in [0, 0.05) is 11.6 Å². The number of rotatable bonds is 7. The normalized spacial score (nSPS) is 10.3. The maximum Gasteiger partial charge on any atom is 0.255 e. The lowest BCUT2D eigenvalue weighted by Crippen LogP contribution is -2.25. The third kappa shape index (κ3) is 4.78.